The van der Waals surface area contributed by atoms with Gasteiger partial charge in [0.2, 0.25) is 5.60 Å². The molecule has 100 valence electrons. The zero-order valence-corrected chi connectivity index (χ0v) is 10.3. The summed E-state index contributed by atoms with van der Waals surface area (Å²) in [5.41, 5.74) is -1.78. The van der Waals surface area contributed by atoms with Gasteiger partial charge in [0.25, 0.3) is 0 Å². The highest BCUT2D eigenvalue weighted by atomic mass is 16.6. The normalized spacial score (nSPS) is 35.2. The second-order valence-electron chi connectivity index (χ2n) is 5.78. The van der Waals surface area contributed by atoms with Gasteiger partial charge in [-0.2, -0.15) is 0 Å². The van der Waals surface area contributed by atoms with E-state index in [1.54, 1.807) is 0 Å². The highest BCUT2D eigenvalue weighted by Crippen LogP contribution is 2.56. The molecule has 1 spiro atoms. The average molecular weight is 254 g/mol. The van der Waals surface area contributed by atoms with Gasteiger partial charge < -0.3 is 14.6 Å². The molecule has 0 aromatic carbocycles. The van der Waals surface area contributed by atoms with E-state index in [1.165, 1.54) is 0 Å². The molecule has 3 rings (SSSR count). The summed E-state index contributed by atoms with van der Waals surface area (Å²) < 4.78 is 10.7. The number of hydrogen-bond acceptors (Lipinski definition) is 4. The quantitative estimate of drug-likeness (QED) is 0.753. The van der Waals surface area contributed by atoms with Crippen LogP contribution in [0.1, 0.15) is 38.5 Å². The van der Waals surface area contributed by atoms with Gasteiger partial charge in [-0.1, -0.05) is 6.42 Å². The number of carbonyl (C=O) groups is 2. The largest absolute Gasteiger partial charge is 0.478 e. The first-order chi connectivity index (χ1) is 8.59. The van der Waals surface area contributed by atoms with Gasteiger partial charge in [-0.15, -0.1) is 0 Å². The molecule has 3 aliphatic rings. The van der Waals surface area contributed by atoms with Gasteiger partial charge in [0.05, 0.1) is 5.41 Å². The van der Waals surface area contributed by atoms with Crippen molar-refractivity contribution in [3.05, 3.63) is 0 Å². The molecule has 2 saturated heterocycles. The fourth-order valence-corrected chi connectivity index (χ4v) is 3.55. The van der Waals surface area contributed by atoms with Crippen molar-refractivity contribution in [2.75, 3.05) is 13.2 Å². The van der Waals surface area contributed by atoms with Gasteiger partial charge in [-0.25, -0.2) is 4.79 Å². The summed E-state index contributed by atoms with van der Waals surface area (Å²) in [4.78, 5) is 23.7. The van der Waals surface area contributed by atoms with Crippen molar-refractivity contribution in [2.45, 2.75) is 44.1 Å². The van der Waals surface area contributed by atoms with Crippen LogP contribution >= 0.6 is 0 Å². The third-order valence-corrected chi connectivity index (χ3v) is 4.86. The summed E-state index contributed by atoms with van der Waals surface area (Å²) in [6.45, 7) is 1.12. The zero-order valence-electron chi connectivity index (χ0n) is 10.3. The Balaban J connectivity index is 1.88. The maximum atomic E-state index is 12.0. The molecule has 18 heavy (non-hydrogen) atoms. The van der Waals surface area contributed by atoms with Gasteiger partial charge in [0, 0.05) is 25.6 Å². The topological polar surface area (TPSA) is 72.8 Å². The Bertz CT molecular complexity index is 381. The van der Waals surface area contributed by atoms with Gasteiger partial charge in [0.15, 0.2) is 0 Å². The Hall–Kier alpha value is -1.10. The minimum absolute atomic E-state index is 0.104. The van der Waals surface area contributed by atoms with E-state index in [-0.39, 0.29) is 11.9 Å². The van der Waals surface area contributed by atoms with Crippen LogP contribution in [0.15, 0.2) is 0 Å². The smallest absolute Gasteiger partial charge is 0.348 e. The molecule has 5 heteroatoms. The third-order valence-electron chi connectivity index (χ3n) is 4.86. The Morgan fingerprint density at radius 1 is 1.28 bits per heavy atom. The minimum Gasteiger partial charge on any atom is -0.478 e. The molecule has 1 atom stereocenters. The Morgan fingerprint density at radius 2 is 1.94 bits per heavy atom. The van der Waals surface area contributed by atoms with Gasteiger partial charge in [-0.05, 0) is 25.7 Å². The highest BCUT2D eigenvalue weighted by molar-refractivity contribution is 5.90. The van der Waals surface area contributed by atoms with E-state index < -0.39 is 17.0 Å². The molecule has 0 radical (unpaired) electrons. The van der Waals surface area contributed by atoms with E-state index in [1.807, 2.05) is 0 Å². The summed E-state index contributed by atoms with van der Waals surface area (Å²) in [7, 11) is 0. The van der Waals surface area contributed by atoms with Crippen LogP contribution < -0.4 is 0 Å². The lowest BCUT2D eigenvalue weighted by Gasteiger charge is -2.37. The number of esters is 1. The molecule has 2 aliphatic heterocycles. The number of carboxylic acids is 1. The molecule has 0 bridgehead atoms. The van der Waals surface area contributed by atoms with E-state index in [0.29, 0.717) is 32.5 Å². The molecule has 1 aliphatic carbocycles. The van der Waals surface area contributed by atoms with E-state index in [0.717, 1.165) is 19.3 Å². The molecule has 1 saturated carbocycles. The summed E-state index contributed by atoms with van der Waals surface area (Å²) in [5.74, 6) is -1.37. The van der Waals surface area contributed by atoms with E-state index in [4.69, 9.17) is 9.47 Å². The van der Waals surface area contributed by atoms with Crippen LogP contribution in [0.25, 0.3) is 0 Å². The predicted octanol–water partition coefficient (Wildman–Crippen LogP) is 1.35. The molecular weight excluding hydrogens is 236 g/mol. The standard InChI is InChI=1S/C13H18O5/c14-10(15)13(9-2-6-17-7-3-9)8-12(4-1-5-12)11(16)18-13/h9H,1-8H2,(H,14,15). The van der Waals surface area contributed by atoms with Crippen LogP contribution in [-0.2, 0) is 19.1 Å². The molecule has 5 nitrogen and oxygen atoms in total. The number of cyclic esters (lactones) is 1. The fourth-order valence-electron chi connectivity index (χ4n) is 3.55. The van der Waals surface area contributed by atoms with Crippen LogP contribution in [0, 0.1) is 11.3 Å². The Labute approximate surface area is 105 Å². The monoisotopic (exact) mass is 254 g/mol. The highest BCUT2D eigenvalue weighted by Gasteiger charge is 2.65. The Kier molecular flexibility index (Phi) is 2.62. The molecular formula is C13H18O5. The van der Waals surface area contributed by atoms with Crippen LogP contribution in [-0.4, -0.2) is 35.9 Å². The van der Waals surface area contributed by atoms with Crippen LogP contribution in [0.4, 0.5) is 0 Å². The lowest BCUT2D eigenvalue weighted by atomic mass is 9.63. The molecule has 1 N–H and O–H groups in total. The molecule has 3 fully saturated rings. The van der Waals surface area contributed by atoms with Gasteiger partial charge >= 0.3 is 11.9 Å². The maximum Gasteiger partial charge on any atom is 0.348 e. The summed E-state index contributed by atoms with van der Waals surface area (Å²) in [5, 5.41) is 9.57. The molecule has 1 unspecified atom stereocenters. The predicted molar refractivity (Wildman–Crippen MR) is 60.9 cm³/mol. The third kappa shape index (κ3) is 1.49. The lowest BCUT2D eigenvalue weighted by molar-refractivity contribution is -0.180. The first-order valence-electron chi connectivity index (χ1n) is 6.64. The molecule has 0 aromatic heterocycles. The van der Waals surface area contributed by atoms with Crippen LogP contribution in [0.3, 0.4) is 0 Å². The van der Waals surface area contributed by atoms with Crippen molar-refractivity contribution in [3.8, 4) is 0 Å². The fraction of sp³-hybridized carbons (Fsp3) is 0.846. The minimum atomic E-state index is -1.29. The number of carboxylic acid groups (broad SMARTS) is 1. The van der Waals surface area contributed by atoms with Crippen molar-refractivity contribution in [3.63, 3.8) is 0 Å². The molecule has 2 heterocycles. The number of hydrogen-bond donors (Lipinski definition) is 1. The zero-order chi connectivity index (χ0) is 12.8. The van der Waals surface area contributed by atoms with E-state index >= 15 is 0 Å². The van der Waals surface area contributed by atoms with E-state index in [2.05, 4.69) is 0 Å². The van der Waals surface area contributed by atoms with Crippen molar-refractivity contribution in [1.82, 2.24) is 0 Å². The second kappa shape index (κ2) is 3.95. The lowest BCUT2D eigenvalue weighted by Crippen LogP contribution is -2.48. The Morgan fingerprint density at radius 3 is 2.39 bits per heavy atom. The number of ether oxygens (including phenoxy) is 2. The second-order valence-corrected chi connectivity index (χ2v) is 5.78. The summed E-state index contributed by atoms with van der Waals surface area (Å²) >= 11 is 0. The SMILES string of the molecule is O=C1OC(C(=O)O)(C2CCOCC2)CC12CCC2. The first kappa shape index (κ1) is 12.0. The first-order valence-corrected chi connectivity index (χ1v) is 6.64. The van der Waals surface area contributed by atoms with Crippen molar-refractivity contribution in [1.29, 1.82) is 0 Å². The maximum absolute atomic E-state index is 12.0. The van der Waals surface area contributed by atoms with Crippen LogP contribution in [0.2, 0.25) is 0 Å². The summed E-state index contributed by atoms with van der Waals surface area (Å²) in [6.07, 6.45) is 4.25. The van der Waals surface area contributed by atoms with Crippen LogP contribution in [0.5, 0.6) is 0 Å². The van der Waals surface area contributed by atoms with Gasteiger partial charge in [0.1, 0.15) is 0 Å². The average Bonchev–Trinajstić information content (AvgIpc) is 2.65. The van der Waals surface area contributed by atoms with Crippen molar-refractivity contribution < 1.29 is 24.2 Å². The van der Waals surface area contributed by atoms with Gasteiger partial charge in [-0.3, -0.25) is 4.79 Å². The van der Waals surface area contributed by atoms with Crippen molar-refractivity contribution >= 4 is 11.9 Å². The molecule has 0 amide bonds. The van der Waals surface area contributed by atoms with E-state index in [9.17, 15) is 14.7 Å². The van der Waals surface area contributed by atoms with Crippen molar-refractivity contribution in [2.24, 2.45) is 11.3 Å². The number of rotatable bonds is 2. The number of carbonyl (C=O) groups excluding carboxylic acids is 1. The number of aliphatic carboxylic acids is 1. The summed E-state index contributed by atoms with van der Waals surface area (Å²) in [6, 6.07) is 0. The molecule has 0 aromatic rings.